The molecule has 5 nitrogen and oxygen atoms in total. The summed E-state index contributed by atoms with van der Waals surface area (Å²) >= 11 is 0. The summed E-state index contributed by atoms with van der Waals surface area (Å²) in [6, 6.07) is 52.0. The molecular formula is C41H26N4O. The Morgan fingerprint density at radius 1 is 0.457 bits per heavy atom. The lowest BCUT2D eigenvalue weighted by molar-refractivity contribution is 0.483. The van der Waals surface area contributed by atoms with E-state index in [1.807, 2.05) is 72.9 Å². The van der Waals surface area contributed by atoms with E-state index in [1.54, 1.807) is 0 Å². The zero-order valence-electron chi connectivity index (χ0n) is 24.7. The molecule has 0 spiro atoms. The number of benzene rings is 6. The van der Waals surface area contributed by atoms with Gasteiger partial charge in [-0.25, -0.2) is 4.98 Å². The SMILES string of the molecule is c1ccc(-c2cc(Oc3ccc4c5cc6ccccc6cc5n(-c5ccccn5)c4c3)cc(-c3cc4ccccc4nn3)c2)cc1. The van der Waals surface area contributed by atoms with Crippen LogP contribution in [-0.2, 0) is 0 Å². The number of fused-ring (bicyclic) bond motifs is 5. The highest BCUT2D eigenvalue weighted by Crippen LogP contribution is 2.38. The number of nitrogens with zero attached hydrogens (tertiary/aromatic N) is 4. The van der Waals surface area contributed by atoms with Crippen molar-refractivity contribution in [2.75, 3.05) is 0 Å². The molecule has 0 saturated heterocycles. The van der Waals surface area contributed by atoms with Crippen LogP contribution in [0.4, 0.5) is 0 Å². The van der Waals surface area contributed by atoms with Crippen molar-refractivity contribution in [3.63, 3.8) is 0 Å². The van der Waals surface area contributed by atoms with E-state index in [-0.39, 0.29) is 0 Å². The average molecular weight is 591 g/mol. The van der Waals surface area contributed by atoms with Crippen LogP contribution in [0.15, 0.2) is 158 Å². The first-order valence-corrected chi connectivity index (χ1v) is 15.3. The van der Waals surface area contributed by atoms with E-state index in [4.69, 9.17) is 9.72 Å². The molecule has 0 atom stereocenters. The van der Waals surface area contributed by atoms with Crippen LogP contribution in [0.1, 0.15) is 0 Å². The highest BCUT2D eigenvalue weighted by molar-refractivity contribution is 6.13. The number of rotatable bonds is 5. The van der Waals surface area contributed by atoms with Crippen molar-refractivity contribution in [2.45, 2.75) is 0 Å². The molecule has 5 heteroatoms. The van der Waals surface area contributed by atoms with Gasteiger partial charge in [-0.05, 0) is 88.6 Å². The quantitative estimate of drug-likeness (QED) is 0.200. The van der Waals surface area contributed by atoms with Crippen LogP contribution < -0.4 is 4.74 Å². The molecule has 216 valence electrons. The highest BCUT2D eigenvalue weighted by atomic mass is 16.5. The van der Waals surface area contributed by atoms with Crippen molar-refractivity contribution < 1.29 is 4.74 Å². The summed E-state index contributed by atoms with van der Waals surface area (Å²) in [4.78, 5) is 4.74. The van der Waals surface area contributed by atoms with Crippen molar-refractivity contribution in [3.05, 3.63) is 158 Å². The van der Waals surface area contributed by atoms with E-state index in [9.17, 15) is 0 Å². The van der Waals surface area contributed by atoms with Gasteiger partial charge >= 0.3 is 0 Å². The Bertz CT molecular complexity index is 2560. The van der Waals surface area contributed by atoms with Crippen LogP contribution in [0.3, 0.4) is 0 Å². The lowest BCUT2D eigenvalue weighted by atomic mass is 10.0. The molecule has 46 heavy (non-hydrogen) atoms. The van der Waals surface area contributed by atoms with E-state index < -0.39 is 0 Å². The molecule has 9 rings (SSSR count). The first kappa shape index (κ1) is 26.1. The Morgan fingerprint density at radius 3 is 2.04 bits per heavy atom. The zero-order valence-corrected chi connectivity index (χ0v) is 24.7. The molecule has 0 aliphatic rings. The van der Waals surface area contributed by atoms with Gasteiger partial charge in [0.15, 0.2) is 0 Å². The molecule has 0 saturated carbocycles. The molecule has 0 bridgehead atoms. The van der Waals surface area contributed by atoms with E-state index in [1.165, 1.54) is 16.2 Å². The maximum Gasteiger partial charge on any atom is 0.137 e. The molecule has 0 amide bonds. The van der Waals surface area contributed by atoms with E-state index in [2.05, 4.69) is 99.7 Å². The molecule has 3 heterocycles. The van der Waals surface area contributed by atoms with Crippen molar-refractivity contribution in [1.82, 2.24) is 19.7 Å². The Kier molecular flexibility index (Phi) is 6.06. The van der Waals surface area contributed by atoms with Crippen LogP contribution >= 0.6 is 0 Å². The first-order valence-electron chi connectivity index (χ1n) is 15.3. The summed E-state index contributed by atoms with van der Waals surface area (Å²) < 4.78 is 8.90. The third-order valence-corrected chi connectivity index (χ3v) is 8.52. The maximum atomic E-state index is 6.68. The van der Waals surface area contributed by atoms with Crippen LogP contribution in [0.5, 0.6) is 11.5 Å². The van der Waals surface area contributed by atoms with Crippen molar-refractivity contribution in [1.29, 1.82) is 0 Å². The zero-order chi connectivity index (χ0) is 30.5. The summed E-state index contributed by atoms with van der Waals surface area (Å²) in [5.74, 6) is 2.31. The van der Waals surface area contributed by atoms with Crippen molar-refractivity contribution >= 4 is 43.5 Å². The minimum atomic E-state index is 0.719. The molecule has 0 aliphatic heterocycles. The first-order chi connectivity index (χ1) is 22.8. The monoisotopic (exact) mass is 590 g/mol. The lowest BCUT2D eigenvalue weighted by Gasteiger charge is -2.12. The third-order valence-electron chi connectivity index (χ3n) is 8.52. The van der Waals surface area contributed by atoms with Gasteiger partial charge < -0.3 is 4.74 Å². The van der Waals surface area contributed by atoms with E-state index >= 15 is 0 Å². The van der Waals surface area contributed by atoms with Crippen LogP contribution in [0.2, 0.25) is 0 Å². The smallest absolute Gasteiger partial charge is 0.137 e. The second kappa shape index (κ2) is 10.7. The number of hydrogen-bond acceptors (Lipinski definition) is 4. The van der Waals surface area contributed by atoms with Gasteiger partial charge in [-0.1, -0.05) is 78.9 Å². The largest absolute Gasteiger partial charge is 0.457 e. The predicted octanol–water partition coefficient (Wildman–Crippen LogP) is 10.4. The number of ether oxygens (including phenoxy) is 1. The summed E-state index contributed by atoms with van der Waals surface area (Å²) in [5.41, 5.74) is 6.86. The number of hydrogen-bond donors (Lipinski definition) is 0. The molecule has 6 aromatic carbocycles. The fourth-order valence-corrected chi connectivity index (χ4v) is 6.34. The van der Waals surface area contributed by atoms with Gasteiger partial charge in [0.2, 0.25) is 0 Å². The number of pyridine rings is 1. The van der Waals surface area contributed by atoms with Crippen LogP contribution in [-0.4, -0.2) is 19.7 Å². The topological polar surface area (TPSA) is 52.8 Å². The Hall–Kier alpha value is -6.33. The van der Waals surface area contributed by atoms with Crippen molar-refractivity contribution in [2.24, 2.45) is 0 Å². The molecule has 0 N–H and O–H groups in total. The summed E-state index contributed by atoms with van der Waals surface area (Å²) in [6.45, 7) is 0. The molecule has 0 radical (unpaired) electrons. The third kappa shape index (κ3) is 4.54. The minimum Gasteiger partial charge on any atom is -0.457 e. The number of aromatic nitrogens is 4. The minimum absolute atomic E-state index is 0.719. The maximum absolute atomic E-state index is 6.68. The van der Waals surface area contributed by atoms with Crippen LogP contribution in [0.25, 0.3) is 71.7 Å². The standard InChI is InChI=1S/C41H26N4O/c1-2-10-27(11-3-1)31-20-32(38-24-30-14-6-7-15-37(30)43-44-38)22-34(21-31)46-33-17-18-35-36-23-28-12-4-5-13-29(28)25-39(36)45(40(35)26-33)41-16-8-9-19-42-41/h1-26H. The summed E-state index contributed by atoms with van der Waals surface area (Å²) in [5, 5.41) is 14.8. The van der Waals surface area contributed by atoms with Crippen molar-refractivity contribution in [3.8, 4) is 39.7 Å². The second-order valence-corrected chi connectivity index (χ2v) is 11.4. The van der Waals surface area contributed by atoms with Gasteiger partial charge in [-0.3, -0.25) is 4.57 Å². The molecule has 3 aromatic heterocycles. The molecule has 9 aromatic rings. The van der Waals surface area contributed by atoms with Gasteiger partial charge in [0.1, 0.15) is 17.3 Å². The normalized spacial score (nSPS) is 11.5. The van der Waals surface area contributed by atoms with Gasteiger partial charge in [-0.2, -0.15) is 0 Å². The fourth-order valence-electron chi connectivity index (χ4n) is 6.34. The van der Waals surface area contributed by atoms with Gasteiger partial charge in [0.05, 0.1) is 22.2 Å². The van der Waals surface area contributed by atoms with Gasteiger partial charge in [0.25, 0.3) is 0 Å². The Labute approximate surface area is 265 Å². The van der Waals surface area contributed by atoms with Gasteiger partial charge in [-0.15, -0.1) is 10.2 Å². The second-order valence-electron chi connectivity index (χ2n) is 11.4. The molecule has 0 aliphatic carbocycles. The summed E-state index contributed by atoms with van der Waals surface area (Å²) in [6.07, 6.45) is 1.83. The molecular weight excluding hydrogens is 564 g/mol. The van der Waals surface area contributed by atoms with E-state index in [0.717, 1.165) is 67.0 Å². The molecule has 0 unspecified atom stereocenters. The molecule has 0 fully saturated rings. The van der Waals surface area contributed by atoms with Gasteiger partial charge in [0, 0.05) is 34.0 Å². The Balaban J connectivity index is 1.21. The van der Waals surface area contributed by atoms with Crippen LogP contribution in [0, 0.1) is 0 Å². The Morgan fingerprint density at radius 2 is 1.20 bits per heavy atom. The predicted molar refractivity (Wildman–Crippen MR) is 187 cm³/mol. The highest BCUT2D eigenvalue weighted by Gasteiger charge is 2.16. The van der Waals surface area contributed by atoms with E-state index in [0.29, 0.717) is 0 Å². The fraction of sp³-hybridized carbons (Fsp3) is 0. The lowest BCUT2D eigenvalue weighted by Crippen LogP contribution is -1.96. The average Bonchev–Trinajstić information content (AvgIpc) is 3.43. The summed E-state index contributed by atoms with van der Waals surface area (Å²) in [7, 11) is 0.